The SMILES string of the molecule is O=C(O)C12CN(Cc3ccccc3)CC1C1(c3cccc(Cl)c3)CCC2c2ccccc21. The monoisotopic (exact) mass is 443 g/mol. The standard InChI is InChI=1S/C28H26ClNO2/c29-21-10-6-9-20(15-21)27-14-13-24(22-11-4-5-12-23(22)27)28(26(31)32)18-30(17-25(27)28)16-19-7-2-1-3-8-19/h1-12,15,24-25H,13-14,16-18H2,(H,31,32). The zero-order valence-electron chi connectivity index (χ0n) is 17.9. The van der Waals surface area contributed by atoms with E-state index in [1.807, 2.05) is 18.2 Å². The van der Waals surface area contributed by atoms with Gasteiger partial charge in [-0.1, -0.05) is 78.3 Å². The molecule has 1 N–H and O–H groups in total. The average molecular weight is 444 g/mol. The van der Waals surface area contributed by atoms with Crippen LogP contribution in [0.3, 0.4) is 0 Å². The first-order valence-corrected chi connectivity index (χ1v) is 11.8. The number of hydrogen-bond acceptors (Lipinski definition) is 2. The molecule has 32 heavy (non-hydrogen) atoms. The Morgan fingerprint density at radius 3 is 2.59 bits per heavy atom. The number of aliphatic carboxylic acids is 1. The molecule has 3 aromatic rings. The molecule has 1 aliphatic heterocycles. The molecule has 3 nitrogen and oxygen atoms in total. The number of carboxylic acids is 1. The first-order valence-electron chi connectivity index (χ1n) is 11.4. The van der Waals surface area contributed by atoms with Crippen LogP contribution < -0.4 is 0 Å². The van der Waals surface area contributed by atoms with Crippen molar-refractivity contribution >= 4 is 17.6 Å². The molecule has 2 bridgehead atoms. The summed E-state index contributed by atoms with van der Waals surface area (Å²) in [5.41, 5.74) is 3.80. The third-order valence-corrected chi connectivity index (χ3v) is 8.63. The topological polar surface area (TPSA) is 40.5 Å². The summed E-state index contributed by atoms with van der Waals surface area (Å²) in [4.78, 5) is 15.5. The molecule has 0 aromatic heterocycles. The maximum Gasteiger partial charge on any atom is 0.311 e. The Morgan fingerprint density at radius 1 is 1.03 bits per heavy atom. The molecule has 4 unspecified atom stereocenters. The molecule has 4 heteroatoms. The highest BCUT2D eigenvalue weighted by Gasteiger charge is 2.70. The molecular weight excluding hydrogens is 418 g/mol. The van der Waals surface area contributed by atoms with Gasteiger partial charge in [-0.2, -0.15) is 0 Å². The third-order valence-electron chi connectivity index (χ3n) is 8.40. The fraction of sp³-hybridized carbons (Fsp3) is 0.321. The van der Waals surface area contributed by atoms with Crippen LogP contribution in [0, 0.1) is 11.3 Å². The van der Waals surface area contributed by atoms with Gasteiger partial charge in [-0.05, 0) is 47.2 Å². The van der Waals surface area contributed by atoms with Crippen LogP contribution in [0.2, 0.25) is 5.02 Å². The van der Waals surface area contributed by atoms with Crippen LogP contribution in [-0.4, -0.2) is 29.1 Å². The second kappa shape index (κ2) is 7.19. The maximum absolute atomic E-state index is 13.1. The molecule has 3 aromatic carbocycles. The fourth-order valence-electron chi connectivity index (χ4n) is 7.28. The second-order valence-electron chi connectivity index (χ2n) is 9.71. The van der Waals surface area contributed by atoms with Crippen molar-refractivity contribution in [2.75, 3.05) is 13.1 Å². The van der Waals surface area contributed by atoms with Crippen LogP contribution in [0.15, 0.2) is 78.9 Å². The van der Waals surface area contributed by atoms with Gasteiger partial charge in [0.25, 0.3) is 0 Å². The first kappa shape index (κ1) is 20.0. The summed E-state index contributed by atoms with van der Waals surface area (Å²) in [5.74, 6) is -0.602. The van der Waals surface area contributed by atoms with E-state index in [0.717, 1.165) is 31.5 Å². The Morgan fingerprint density at radius 2 is 1.81 bits per heavy atom. The lowest BCUT2D eigenvalue weighted by Crippen LogP contribution is -2.60. The minimum Gasteiger partial charge on any atom is -0.481 e. The summed E-state index contributed by atoms with van der Waals surface area (Å²) in [6.45, 7) is 2.14. The van der Waals surface area contributed by atoms with Crippen molar-refractivity contribution in [2.45, 2.75) is 30.7 Å². The van der Waals surface area contributed by atoms with Gasteiger partial charge in [0.2, 0.25) is 0 Å². The van der Waals surface area contributed by atoms with E-state index in [1.165, 1.54) is 16.7 Å². The highest BCUT2D eigenvalue weighted by atomic mass is 35.5. The summed E-state index contributed by atoms with van der Waals surface area (Å²) in [7, 11) is 0. The average Bonchev–Trinajstić information content (AvgIpc) is 3.22. The van der Waals surface area contributed by atoms with E-state index in [2.05, 4.69) is 65.6 Å². The van der Waals surface area contributed by atoms with Gasteiger partial charge in [-0.15, -0.1) is 0 Å². The molecule has 1 saturated carbocycles. The molecule has 4 aliphatic rings. The lowest BCUT2D eigenvalue weighted by atomic mass is 9.42. The maximum atomic E-state index is 13.1. The van der Waals surface area contributed by atoms with Crippen LogP contribution in [0.5, 0.6) is 0 Å². The van der Waals surface area contributed by atoms with E-state index in [0.29, 0.717) is 11.6 Å². The fourth-order valence-corrected chi connectivity index (χ4v) is 7.47. The minimum atomic E-state index is -0.788. The predicted molar refractivity (Wildman–Crippen MR) is 126 cm³/mol. The molecule has 0 radical (unpaired) electrons. The predicted octanol–water partition coefficient (Wildman–Crippen LogP) is 5.72. The van der Waals surface area contributed by atoms with E-state index < -0.39 is 11.4 Å². The molecule has 3 aliphatic carbocycles. The van der Waals surface area contributed by atoms with Gasteiger partial charge in [0.1, 0.15) is 0 Å². The zero-order valence-corrected chi connectivity index (χ0v) is 18.6. The number of nitrogens with zero attached hydrogens (tertiary/aromatic N) is 1. The van der Waals surface area contributed by atoms with E-state index >= 15 is 0 Å². The largest absolute Gasteiger partial charge is 0.481 e. The number of rotatable bonds is 4. The third kappa shape index (κ3) is 2.61. The van der Waals surface area contributed by atoms with Crippen LogP contribution >= 0.6 is 11.6 Å². The molecule has 4 atom stereocenters. The van der Waals surface area contributed by atoms with Gasteiger partial charge < -0.3 is 5.11 Å². The Hall–Kier alpha value is -2.62. The molecule has 1 heterocycles. The van der Waals surface area contributed by atoms with Crippen LogP contribution in [0.4, 0.5) is 0 Å². The van der Waals surface area contributed by atoms with Crippen molar-refractivity contribution in [1.82, 2.24) is 4.90 Å². The normalized spacial score (nSPS) is 30.7. The number of fused-ring (bicyclic) bond motifs is 1. The molecule has 7 rings (SSSR count). The van der Waals surface area contributed by atoms with Gasteiger partial charge in [-0.25, -0.2) is 0 Å². The summed E-state index contributed by atoms with van der Waals surface area (Å²) >= 11 is 6.47. The van der Waals surface area contributed by atoms with E-state index in [-0.39, 0.29) is 17.3 Å². The van der Waals surface area contributed by atoms with Gasteiger partial charge in [0.15, 0.2) is 0 Å². The van der Waals surface area contributed by atoms with E-state index in [9.17, 15) is 9.90 Å². The Balaban J connectivity index is 1.55. The Kier molecular flexibility index (Phi) is 4.50. The van der Waals surface area contributed by atoms with Gasteiger partial charge >= 0.3 is 5.97 Å². The molecule has 0 amide bonds. The van der Waals surface area contributed by atoms with E-state index in [4.69, 9.17) is 11.6 Å². The van der Waals surface area contributed by atoms with Crippen molar-refractivity contribution < 1.29 is 9.90 Å². The van der Waals surface area contributed by atoms with E-state index in [1.54, 1.807) is 0 Å². The summed E-state index contributed by atoms with van der Waals surface area (Å²) in [6, 6.07) is 27.1. The van der Waals surface area contributed by atoms with Crippen molar-refractivity contribution in [2.24, 2.45) is 11.3 Å². The molecule has 162 valence electrons. The number of likely N-dealkylation sites (tertiary alicyclic amines) is 1. The lowest BCUT2D eigenvalue weighted by molar-refractivity contribution is -0.157. The van der Waals surface area contributed by atoms with Crippen LogP contribution in [-0.2, 0) is 16.8 Å². The van der Waals surface area contributed by atoms with Crippen molar-refractivity contribution in [3.05, 3.63) is 106 Å². The van der Waals surface area contributed by atoms with Gasteiger partial charge in [0, 0.05) is 41.9 Å². The van der Waals surface area contributed by atoms with Crippen LogP contribution in [0.25, 0.3) is 0 Å². The first-order chi connectivity index (χ1) is 15.6. The number of benzene rings is 3. The summed E-state index contributed by atoms with van der Waals surface area (Å²) in [6.07, 6.45) is 1.86. The number of carbonyl (C=O) groups is 1. The van der Waals surface area contributed by atoms with Crippen molar-refractivity contribution in [1.29, 1.82) is 0 Å². The quantitative estimate of drug-likeness (QED) is 0.560. The zero-order chi connectivity index (χ0) is 21.9. The molecule has 2 fully saturated rings. The van der Waals surface area contributed by atoms with Gasteiger partial charge in [0.05, 0.1) is 5.41 Å². The lowest BCUT2D eigenvalue weighted by Gasteiger charge is -2.59. The highest BCUT2D eigenvalue weighted by Crippen LogP contribution is 2.69. The number of carboxylic acid groups (broad SMARTS) is 1. The Bertz CT molecular complexity index is 1190. The highest BCUT2D eigenvalue weighted by molar-refractivity contribution is 6.30. The smallest absolute Gasteiger partial charge is 0.311 e. The van der Waals surface area contributed by atoms with Crippen molar-refractivity contribution in [3.8, 4) is 0 Å². The molecular formula is C28H26ClNO2. The second-order valence-corrected chi connectivity index (χ2v) is 10.1. The molecule has 1 saturated heterocycles. The minimum absolute atomic E-state index is 0.00308. The summed E-state index contributed by atoms with van der Waals surface area (Å²) in [5, 5.41) is 11.5. The number of halogens is 1. The Labute approximate surface area is 193 Å². The summed E-state index contributed by atoms with van der Waals surface area (Å²) < 4.78 is 0. The van der Waals surface area contributed by atoms with Crippen LogP contribution in [0.1, 0.15) is 41.0 Å². The number of hydrogen-bond donors (Lipinski definition) is 1. The van der Waals surface area contributed by atoms with Crippen molar-refractivity contribution in [3.63, 3.8) is 0 Å². The van der Waals surface area contributed by atoms with Gasteiger partial charge in [-0.3, -0.25) is 9.69 Å². The molecule has 0 spiro atoms.